The molecule has 1 aliphatic heterocycles. The quantitative estimate of drug-likeness (QED) is 0.603. The molecule has 1 heterocycles. The van der Waals surface area contributed by atoms with Crippen molar-refractivity contribution in [3.63, 3.8) is 0 Å². The number of carboxylic acids is 2. The largest absolute Gasteiger partial charge is 0.478 e. The molecule has 3 N–H and O–H groups in total. The molecule has 0 saturated carbocycles. The summed E-state index contributed by atoms with van der Waals surface area (Å²) in [5, 5.41) is 28.1. The van der Waals surface area contributed by atoms with Crippen LogP contribution in [0.2, 0.25) is 0 Å². The predicted octanol–water partition coefficient (Wildman–Crippen LogP) is 3.09. The number of nitriles is 1. The Morgan fingerprint density at radius 2 is 1.87 bits per heavy atom. The van der Waals surface area contributed by atoms with E-state index in [4.69, 9.17) is 14.9 Å². The first-order chi connectivity index (χ1) is 14.8. The van der Waals surface area contributed by atoms with Crippen LogP contribution in [-0.4, -0.2) is 41.3 Å². The van der Waals surface area contributed by atoms with Crippen molar-refractivity contribution in [2.45, 2.75) is 19.1 Å². The summed E-state index contributed by atoms with van der Waals surface area (Å²) in [7, 11) is 0. The van der Waals surface area contributed by atoms with Gasteiger partial charge in [0, 0.05) is 29.8 Å². The molecule has 162 valence electrons. The molecule has 1 unspecified atom stereocenters. The molecule has 31 heavy (non-hydrogen) atoms. The second kappa shape index (κ2) is 11.5. The maximum atomic E-state index is 14.1. The average Bonchev–Trinajstić information content (AvgIpc) is 3.26. The van der Waals surface area contributed by atoms with Gasteiger partial charge in [-0.2, -0.15) is 5.26 Å². The fraction of sp³-hybridized carbons (Fsp3) is 0.227. The summed E-state index contributed by atoms with van der Waals surface area (Å²) in [6.45, 7) is 1.86. The summed E-state index contributed by atoms with van der Waals surface area (Å²) in [6.07, 6.45) is 2.09. The Labute approximate surface area is 177 Å². The molecule has 7 nitrogen and oxygen atoms in total. The van der Waals surface area contributed by atoms with Crippen LogP contribution in [0.25, 0.3) is 11.1 Å². The molecule has 0 radical (unpaired) electrons. The van der Waals surface area contributed by atoms with Gasteiger partial charge in [0.1, 0.15) is 11.6 Å². The maximum Gasteiger partial charge on any atom is 0.328 e. The van der Waals surface area contributed by atoms with Gasteiger partial charge in [0.25, 0.3) is 0 Å². The second-order valence-electron chi connectivity index (χ2n) is 6.50. The molecule has 2 aromatic rings. The molecular weight excluding hydrogens is 410 g/mol. The van der Waals surface area contributed by atoms with E-state index in [0.717, 1.165) is 37.7 Å². The van der Waals surface area contributed by atoms with Crippen LogP contribution in [0.1, 0.15) is 17.5 Å². The number of aliphatic carboxylic acids is 2. The zero-order chi connectivity index (χ0) is 22.8. The third-order valence-electron chi connectivity index (χ3n) is 4.36. The van der Waals surface area contributed by atoms with Crippen molar-refractivity contribution in [3.05, 3.63) is 71.3 Å². The summed E-state index contributed by atoms with van der Waals surface area (Å²) in [6, 6.07) is 10.4. The average molecular weight is 430 g/mol. The molecule has 2 aromatic carbocycles. The summed E-state index contributed by atoms with van der Waals surface area (Å²) < 4.78 is 33.5. The first-order valence-electron chi connectivity index (χ1n) is 9.25. The Bertz CT molecular complexity index is 995. The number of nitrogens with one attached hydrogen (secondary N) is 1. The number of halogens is 2. The monoisotopic (exact) mass is 430 g/mol. The minimum Gasteiger partial charge on any atom is -0.478 e. The smallest absolute Gasteiger partial charge is 0.328 e. The molecule has 0 bridgehead atoms. The van der Waals surface area contributed by atoms with Gasteiger partial charge in [-0.15, -0.1) is 0 Å². The van der Waals surface area contributed by atoms with E-state index in [9.17, 15) is 23.6 Å². The van der Waals surface area contributed by atoms with Crippen LogP contribution >= 0.6 is 0 Å². The minimum atomic E-state index is -1.26. The summed E-state index contributed by atoms with van der Waals surface area (Å²) in [5.74, 6) is -3.55. The van der Waals surface area contributed by atoms with Gasteiger partial charge in [0.15, 0.2) is 0 Å². The molecule has 0 aliphatic carbocycles. The molecule has 3 rings (SSSR count). The fourth-order valence-electron chi connectivity index (χ4n) is 2.92. The van der Waals surface area contributed by atoms with Crippen LogP contribution < -0.4 is 5.32 Å². The molecule has 1 aliphatic rings. The second-order valence-corrected chi connectivity index (χ2v) is 6.50. The number of hydrogen-bond acceptors (Lipinski definition) is 5. The van der Waals surface area contributed by atoms with Gasteiger partial charge in [0.05, 0.1) is 24.3 Å². The lowest BCUT2D eigenvalue weighted by molar-refractivity contribution is -0.134. The predicted molar refractivity (Wildman–Crippen MR) is 107 cm³/mol. The van der Waals surface area contributed by atoms with Crippen molar-refractivity contribution in [3.8, 4) is 17.2 Å². The van der Waals surface area contributed by atoms with Crippen molar-refractivity contribution in [1.29, 1.82) is 5.26 Å². The van der Waals surface area contributed by atoms with Gasteiger partial charge < -0.3 is 20.3 Å². The third kappa shape index (κ3) is 7.29. The summed E-state index contributed by atoms with van der Waals surface area (Å²) >= 11 is 0. The Hall–Kier alpha value is -3.61. The highest BCUT2D eigenvalue weighted by atomic mass is 19.1. The number of nitrogens with zero attached hydrogens (tertiary/aromatic N) is 1. The number of hydrogen-bond donors (Lipinski definition) is 3. The van der Waals surface area contributed by atoms with Crippen LogP contribution in [0.15, 0.2) is 48.6 Å². The van der Waals surface area contributed by atoms with E-state index >= 15 is 0 Å². The summed E-state index contributed by atoms with van der Waals surface area (Å²) in [4.78, 5) is 19.1. The van der Waals surface area contributed by atoms with E-state index in [1.807, 2.05) is 0 Å². The Morgan fingerprint density at radius 3 is 2.45 bits per heavy atom. The lowest BCUT2D eigenvalue weighted by Crippen LogP contribution is -2.17. The standard InChI is InChI=1S/C18H16F2N2O.C4H4O4/c19-13-4-5-18(20)16(8-13)15-3-1-2-12(9-21)17(15)11-23-14-6-7-22-10-14;5-3(6)1-2-4(7)8/h1-5,8,14,22H,6-7,10-11H2;1-2H,(H,5,6)(H,7,8). The van der Waals surface area contributed by atoms with Crippen molar-refractivity contribution in [1.82, 2.24) is 5.32 Å². The van der Waals surface area contributed by atoms with E-state index in [0.29, 0.717) is 28.8 Å². The minimum absolute atomic E-state index is 0.0759. The van der Waals surface area contributed by atoms with Crippen molar-refractivity contribution in [2.24, 2.45) is 0 Å². The van der Waals surface area contributed by atoms with Crippen molar-refractivity contribution in [2.75, 3.05) is 13.1 Å². The van der Waals surface area contributed by atoms with Gasteiger partial charge in [-0.05, 0) is 42.8 Å². The Morgan fingerprint density at radius 1 is 1.16 bits per heavy atom. The highest BCUT2D eigenvalue weighted by molar-refractivity contribution is 5.89. The maximum absolute atomic E-state index is 14.1. The van der Waals surface area contributed by atoms with Crippen LogP contribution in [0.5, 0.6) is 0 Å². The van der Waals surface area contributed by atoms with Gasteiger partial charge in [-0.25, -0.2) is 18.4 Å². The van der Waals surface area contributed by atoms with E-state index in [-0.39, 0.29) is 18.3 Å². The summed E-state index contributed by atoms with van der Waals surface area (Å²) in [5.41, 5.74) is 1.64. The van der Waals surface area contributed by atoms with Gasteiger partial charge in [-0.3, -0.25) is 0 Å². The first-order valence-corrected chi connectivity index (χ1v) is 9.25. The zero-order valence-electron chi connectivity index (χ0n) is 16.3. The highest BCUT2D eigenvalue weighted by Gasteiger charge is 2.18. The van der Waals surface area contributed by atoms with E-state index in [1.54, 1.807) is 18.2 Å². The first kappa shape index (κ1) is 23.7. The lowest BCUT2D eigenvalue weighted by atomic mass is 9.95. The molecule has 0 amide bonds. The van der Waals surface area contributed by atoms with E-state index in [1.165, 1.54) is 0 Å². The number of carbonyl (C=O) groups is 2. The molecule has 0 spiro atoms. The topological polar surface area (TPSA) is 120 Å². The van der Waals surface area contributed by atoms with Crippen molar-refractivity contribution < 1.29 is 33.3 Å². The number of ether oxygens (including phenoxy) is 1. The van der Waals surface area contributed by atoms with Crippen LogP contribution in [-0.2, 0) is 20.9 Å². The normalized spacial score (nSPS) is 15.2. The van der Waals surface area contributed by atoms with Crippen LogP contribution in [0.3, 0.4) is 0 Å². The molecule has 1 atom stereocenters. The Kier molecular flexibility index (Phi) is 8.81. The number of benzene rings is 2. The molecule has 1 saturated heterocycles. The number of carboxylic acid groups (broad SMARTS) is 2. The molecule has 9 heteroatoms. The molecular formula is C22H20F2N2O5. The third-order valence-corrected chi connectivity index (χ3v) is 4.36. The van der Waals surface area contributed by atoms with Gasteiger partial charge in [-0.1, -0.05) is 12.1 Å². The molecule has 0 aromatic heterocycles. The van der Waals surface area contributed by atoms with Crippen LogP contribution in [0, 0.1) is 23.0 Å². The SMILES string of the molecule is N#Cc1cccc(-c2cc(F)ccc2F)c1COC1CCNC1.O=C(O)C=CC(=O)O. The zero-order valence-corrected chi connectivity index (χ0v) is 16.3. The van der Waals surface area contributed by atoms with Crippen molar-refractivity contribution >= 4 is 11.9 Å². The van der Waals surface area contributed by atoms with Gasteiger partial charge >= 0.3 is 11.9 Å². The number of rotatable bonds is 6. The molecule has 1 fully saturated rings. The fourth-order valence-corrected chi connectivity index (χ4v) is 2.92. The lowest BCUT2D eigenvalue weighted by Gasteiger charge is -2.15. The highest BCUT2D eigenvalue weighted by Crippen LogP contribution is 2.30. The van der Waals surface area contributed by atoms with E-state index < -0.39 is 23.6 Å². The Balaban J connectivity index is 0.000000366. The van der Waals surface area contributed by atoms with E-state index in [2.05, 4.69) is 11.4 Å². The van der Waals surface area contributed by atoms with Gasteiger partial charge in [0.2, 0.25) is 0 Å². The van der Waals surface area contributed by atoms with Crippen LogP contribution in [0.4, 0.5) is 8.78 Å².